The summed E-state index contributed by atoms with van der Waals surface area (Å²) in [7, 11) is 1.34. The van der Waals surface area contributed by atoms with Crippen LogP contribution < -0.4 is 10.6 Å². The normalized spacial score (nSPS) is 10.1. The molecular weight excluding hydrogens is 366 g/mol. The lowest BCUT2D eigenvalue weighted by Gasteiger charge is -2.09. The summed E-state index contributed by atoms with van der Waals surface area (Å²) in [5.41, 5.74) is 2.16. The molecule has 7 heteroatoms. The van der Waals surface area contributed by atoms with Crippen molar-refractivity contribution < 1.29 is 14.3 Å². The van der Waals surface area contributed by atoms with E-state index in [0.717, 1.165) is 5.69 Å². The molecule has 0 aliphatic carbocycles. The minimum absolute atomic E-state index is 0.301. The van der Waals surface area contributed by atoms with Crippen molar-refractivity contribution in [3.63, 3.8) is 0 Å². The number of hydrogen-bond acceptors (Lipinski definition) is 5. The van der Waals surface area contributed by atoms with E-state index in [1.165, 1.54) is 13.3 Å². The molecule has 0 fully saturated rings. The first-order valence-electron chi connectivity index (χ1n) is 8.04. The first-order chi connectivity index (χ1) is 13.1. The molecule has 6 nitrogen and oxygen atoms in total. The smallest absolute Gasteiger partial charge is 0.337 e. The molecular formula is C20H16ClN3O3. The molecule has 2 aromatic carbocycles. The number of methoxy groups -OCH3 is 1. The Labute approximate surface area is 161 Å². The van der Waals surface area contributed by atoms with Gasteiger partial charge in [0, 0.05) is 11.9 Å². The van der Waals surface area contributed by atoms with Crippen LogP contribution in [-0.4, -0.2) is 24.0 Å². The molecule has 136 valence electrons. The molecule has 0 unspecified atom stereocenters. The monoisotopic (exact) mass is 381 g/mol. The summed E-state index contributed by atoms with van der Waals surface area (Å²) in [5.74, 6) is -0.131. The highest BCUT2D eigenvalue weighted by atomic mass is 35.5. The van der Waals surface area contributed by atoms with Gasteiger partial charge in [0.05, 0.1) is 28.9 Å². The Morgan fingerprint density at radius 2 is 1.67 bits per heavy atom. The van der Waals surface area contributed by atoms with Crippen molar-refractivity contribution in [3.05, 3.63) is 83.0 Å². The highest BCUT2D eigenvalue weighted by molar-refractivity contribution is 6.33. The summed E-state index contributed by atoms with van der Waals surface area (Å²) in [6.07, 6.45) is 1.47. The Bertz CT molecular complexity index is 957. The predicted octanol–water partition coefficient (Wildman–Crippen LogP) is 4.52. The second-order valence-electron chi connectivity index (χ2n) is 5.56. The number of pyridine rings is 1. The predicted molar refractivity (Wildman–Crippen MR) is 105 cm³/mol. The minimum atomic E-state index is -0.395. The fraction of sp³-hybridized carbons (Fsp3) is 0.0500. The van der Waals surface area contributed by atoms with Crippen molar-refractivity contribution in [1.82, 2.24) is 4.98 Å². The number of rotatable bonds is 5. The van der Waals surface area contributed by atoms with Gasteiger partial charge in [-0.3, -0.25) is 4.79 Å². The Hall–Kier alpha value is -3.38. The van der Waals surface area contributed by atoms with E-state index in [1.54, 1.807) is 60.7 Å². The van der Waals surface area contributed by atoms with E-state index < -0.39 is 5.97 Å². The average Bonchev–Trinajstić information content (AvgIpc) is 2.70. The third-order valence-electron chi connectivity index (χ3n) is 3.73. The van der Waals surface area contributed by atoms with E-state index in [-0.39, 0.29) is 5.91 Å². The Balaban J connectivity index is 1.65. The third kappa shape index (κ3) is 4.62. The maximum atomic E-state index is 12.3. The van der Waals surface area contributed by atoms with E-state index >= 15 is 0 Å². The van der Waals surface area contributed by atoms with Gasteiger partial charge in [-0.05, 0) is 48.5 Å². The number of amides is 1. The van der Waals surface area contributed by atoms with Crippen molar-refractivity contribution in [3.8, 4) is 0 Å². The summed E-state index contributed by atoms with van der Waals surface area (Å²) >= 11 is 6.04. The lowest BCUT2D eigenvalue weighted by atomic mass is 10.2. The zero-order valence-corrected chi connectivity index (χ0v) is 15.2. The Kier molecular flexibility index (Phi) is 5.68. The molecule has 0 spiro atoms. The van der Waals surface area contributed by atoms with Crippen LogP contribution >= 0.6 is 11.6 Å². The van der Waals surface area contributed by atoms with Crippen LogP contribution in [0.25, 0.3) is 0 Å². The molecule has 1 heterocycles. The molecule has 1 aromatic heterocycles. The number of aromatic nitrogens is 1. The zero-order chi connectivity index (χ0) is 19.2. The maximum Gasteiger partial charge on any atom is 0.337 e. The second-order valence-corrected chi connectivity index (χ2v) is 5.97. The van der Waals surface area contributed by atoms with Crippen LogP contribution in [0, 0.1) is 0 Å². The molecule has 0 atom stereocenters. The number of nitrogens with one attached hydrogen (secondary N) is 2. The van der Waals surface area contributed by atoms with Gasteiger partial charge in [0.25, 0.3) is 5.91 Å². The molecule has 27 heavy (non-hydrogen) atoms. The lowest BCUT2D eigenvalue weighted by molar-refractivity contribution is 0.0600. The van der Waals surface area contributed by atoms with Crippen LogP contribution in [0.15, 0.2) is 66.9 Å². The van der Waals surface area contributed by atoms with Gasteiger partial charge in [0.2, 0.25) is 0 Å². The average molecular weight is 382 g/mol. The van der Waals surface area contributed by atoms with Gasteiger partial charge in [0.1, 0.15) is 5.82 Å². The number of para-hydroxylation sites is 1. The van der Waals surface area contributed by atoms with Crippen molar-refractivity contribution in [2.24, 2.45) is 0 Å². The van der Waals surface area contributed by atoms with E-state index in [0.29, 0.717) is 27.7 Å². The highest BCUT2D eigenvalue weighted by Gasteiger charge is 2.09. The molecule has 0 radical (unpaired) electrons. The fourth-order valence-corrected chi connectivity index (χ4v) is 2.50. The second kappa shape index (κ2) is 8.33. The van der Waals surface area contributed by atoms with Crippen LogP contribution in [-0.2, 0) is 4.74 Å². The summed E-state index contributed by atoms with van der Waals surface area (Å²) in [6.45, 7) is 0. The summed E-state index contributed by atoms with van der Waals surface area (Å²) in [6, 6.07) is 17.1. The van der Waals surface area contributed by atoms with Crippen molar-refractivity contribution in [1.29, 1.82) is 0 Å². The van der Waals surface area contributed by atoms with E-state index in [2.05, 4.69) is 20.4 Å². The largest absolute Gasteiger partial charge is 0.465 e. The van der Waals surface area contributed by atoms with Gasteiger partial charge in [-0.2, -0.15) is 0 Å². The molecule has 0 saturated heterocycles. The fourth-order valence-electron chi connectivity index (χ4n) is 2.31. The van der Waals surface area contributed by atoms with Crippen molar-refractivity contribution in [2.45, 2.75) is 0 Å². The van der Waals surface area contributed by atoms with Crippen molar-refractivity contribution in [2.75, 3.05) is 17.7 Å². The first kappa shape index (κ1) is 18.4. The van der Waals surface area contributed by atoms with Crippen LogP contribution in [0.5, 0.6) is 0 Å². The summed E-state index contributed by atoms with van der Waals surface area (Å²) < 4.78 is 4.66. The van der Waals surface area contributed by atoms with Crippen molar-refractivity contribution >= 4 is 40.7 Å². The van der Waals surface area contributed by atoms with Crippen LogP contribution in [0.2, 0.25) is 5.02 Å². The summed E-state index contributed by atoms with van der Waals surface area (Å²) in [5, 5.41) is 6.31. The molecule has 1 amide bonds. The van der Waals surface area contributed by atoms with Crippen LogP contribution in [0.1, 0.15) is 20.7 Å². The molecule has 2 N–H and O–H groups in total. The number of anilines is 3. The quantitative estimate of drug-likeness (QED) is 0.635. The van der Waals surface area contributed by atoms with Gasteiger partial charge >= 0.3 is 5.97 Å². The molecule has 3 aromatic rings. The van der Waals surface area contributed by atoms with Crippen LogP contribution in [0.3, 0.4) is 0 Å². The molecule has 0 saturated carbocycles. The SMILES string of the molecule is COC(=O)c1ccc(Nc2ccc(C(=O)Nc3ccccc3Cl)cn2)cc1. The minimum Gasteiger partial charge on any atom is -0.465 e. The van der Waals surface area contributed by atoms with Gasteiger partial charge in [-0.1, -0.05) is 23.7 Å². The van der Waals surface area contributed by atoms with Gasteiger partial charge in [0.15, 0.2) is 0 Å². The number of nitrogens with zero attached hydrogens (tertiary/aromatic N) is 1. The lowest BCUT2D eigenvalue weighted by Crippen LogP contribution is -2.12. The number of esters is 1. The highest BCUT2D eigenvalue weighted by Crippen LogP contribution is 2.21. The Morgan fingerprint density at radius 3 is 2.30 bits per heavy atom. The molecule has 0 bridgehead atoms. The molecule has 0 aliphatic rings. The van der Waals surface area contributed by atoms with Gasteiger partial charge < -0.3 is 15.4 Å². The maximum absolute atomic E-state index is 12.3. The van der Waals surface area contributed by atoms with Gasteiger partial charge in [-0.25, -0.2) is 9.78 Å². The van der Waals surface area contributed by atoms with E-state index in [1.807, 2.05) is 0 Å². The Morgan fingerprint density at radius 1 is 0.963 bits per heavy atom. The number of carbonyl (C=O) groups excluding carboxylic acids is 2. The standard InChI is InChI=1S/C20H16ClN3O3/c1-27-20(26)13-6-9-15(10-7-13)23-18-11-8-14(12-22-18)19(25)24-17-5-3-2-4-16(17)21/h2-12H,1H3,(H,22,23)(H,24,25). The number of carbonyl (C=O) groups is 2. The topological polar surface area (TPSA) is 80.3 Å². The van der Waals surface area contributed by atoms with Crippen LogP contribution in [0.4, 0.5) is 17.2 Å². The van der Waals surface area contributed by atoms with E-state index in [4.69, 9.17) is 11.6 Å². The number of hydrogen-bond donors (Lipinski definition) is 2. The first-order valence-corrected chi connectivity index (χ1v) is 8.42. The molecule has 3 rings (SSSR count). The number of benzene rings is 2. The number of halogens is 1. The number of ether oxygens (including phenoxy) is 1. The summed E-state index contributed by atoms with van der Waals surface area (Å²) in [4.78, 5) is 28.0. The van der Waals surface area contributed by atoms with Gasteiger partial charge in [-0.15, -0.1) is 0 Å². The zero-order valence-electron chi connectivity index (χ0n) is 14.4. The third-order valence-corrected chi connectivity index (χ3v) is 4.06. The van der Waals surface area contributed by atoms with E-state index in [9.17, 15) is 9.59 Å². The molecule has 0 aliphatic heterocycles.